The Morgan fingerprint density at radius 2 is 2.12 bits per heavy atom. The van der Waals surface area contributed by atoms with Crippen LogP contribution in [0.1, 0.15) is 38.2 Å². The maximum Gasteiger partial charge on any atom is 0.347 e. The zero-order valence-electron chi connectivity index (χ0n) is 15.1. The quantitative estimate of drug-likeness (QED) is 0.734. The third kappa shape index (κ3) is 3.00. The molecule has 1 amide bonds. The second-order valence-electron chi connectivity index (χ2n) is 7.39. The van der Waals surface area contributed by atoms with Crippen LogP contribution in [0.4, 0.5) is 0 Å². The summed E-state index contributed by atoms with van der Waals surface area (Å²) in [6, 6.07) is 5.86. The fraction of sp³-hybridized carbons (Fsp3) is 0.450. The average molecular weight is 353 g/mol. The van der Waals surface area contributed by atoms with Gasteiger partial charge in [-0.3, -0.25) is 9.48 Å². The average Bonchev–Trinajstić information content (AvgIpc) is 3.02. The third-order valence-electron chi connectivity index (χ3n) is 5.40. The Kier molecular flexibility index (Phi) is 4.26. The van der Waals surface area contributed by atoms with E-state index in [1.807, 2.05) is 19.1 Å². The SMILES string of the molecule is Cc1ccc2oc(=O)c3cnn(CC(=O)N[C@H]4CCCC[C@H]4C)c3c2c1. The number of hydrogen-bond acceptors (Lipinski definition) is 4. The highest BCUT2D eigenvalue weighted by Crippen LogP contribution is 2.25. The van der Waals surface area contributed by atoms with E-state index in [1.54, 1.807) is 10.7 Å². The van der Waals surface area contributed by atoms with Crippen LogP contribution in [0.2, 0.25) is 0 Å². The Morgan fingerprint density at radius 3 is 2.92 bits per heavy atom. The molecule has 1 fully saturated rings. The highest BCUT2D eigenvalue weighted by Gasteiger charge is 2.23. The van der Waals surface area contributed by atoms with Crippen molar-refractivity contribution in [3.63, 3.8) is 0 Å². The Morgan fingerprint density at radius 1 is 1.31 bits per heavy atom. The molecule has 26 heavy (non-hydrogen) atoms. The fourth-order valence-electron chi connectivity index (χ4n) is 3.93. The van der Waals surface area contributed by atoms with Gasteiger partial charge in [-0.1, -0.05) is 31.4 Å². The van der Waals surface area contributed by atoms with Crippen LogP contribution in [0.25, 0.3) is 21.9 Å². The number of aromatic nitrogens is 2. The molecule has 2 atom stereocenters. The van der Waals surface area contributed by atoms with Gasteiger partial charge < -0.3 is 9.73 Å². The molecule has 0 spiro atoms. The van der Waals surface area contributed by atoms with Crippen LogP contribution >= 0.6 is 0 Å². The first-order chi connectivity index (χ1) is 12.5. The van der Waals surface area contributed by atoms with Gasteiger partial charge in [0.05, 0.1) is 11.7 Å². The monoisotopic (exact) mass is 353 g/mol. The van der Waals surface area contributed by atoms with Gasteiger partial charge in [0.2, 0.25) is 5.91 Å². The van der Waals surface area contributed by atoms with E-state index in [9.17, 15) is 9.59 Å². The molecule has 0 saturated heterocycles. The molecule has 0 unspecified atom stereocenters. The van der Waals surface area contributed by atoms with Crippen molar-refractivity contribution in [1.82, 2.24) is 15.1 Å². The molecule has 0 bridgehead atoms. The zero-order valence-corrected chi connectivity index (χ0v) is 15.1. The number of aryl methyl sites for hydroxylation is 1. The standard InChI is InChI=1S/C20H23N3O3/c1-12-7-8-17-14(9-12)19-15(20(25)26-17)10-21-23(19)11-18(24)22-16-6-4-3-5-13(16)2/h7-10,13,16H,3-6,11H2,1-2H3,(H,22,24)/t13-,16+/m1/s1. The largest absolute Gasteiger partial charge is 0.422 e. The smallest absolute Gasteiger partial charge is 0.347 e. The summed E-state index contributed by atoms with van der Waals surface area (Å²) < 4.78 is 6.98. The maximum absolute atomic E-state index is 12.6. The molecule has 2 heterocycles. The summed E-state index contributed by atoms with van der Waals surface area (Å²) in [6.07, 6.45) is 6.06. The summed E-state index contributed by atoms with van der Waals surface area (Å²) >= 11 is 0. The second kappa shape index (κ2) is 6.59. The lowest BCUT2D eigenvalue weighted by Crippen LogP contribution is -2.42. The number of carbonyl (C=O) groups is 1. The van der Waals surface area contributed by atoms with Gasteiger partial charge in [0, 0.05) is 11.4 Å². The Bertz CT molecular complexity index is 1030. The molecule has 2 aromatic heterocycles. The number of rotatable bonds is 3. The molecule has 136 valence electrons. The zero-order chi connectivity index (χ0) is 18.3. The number of nitrogens with zero attached hydrogens (tertiary/aromatic N) is 2. The molecule has 6 heteroatoms. The van der Waals surface area contributed by atoms with Gasteiger partial charge in [0.1, 0.15) is 17.5 Å². The van der Waals surface area contributed by atoms with Crippen LogP contribution in [-0.4, -0.2) is 21.7 Å². The minimum absolute atomic E-state index is 0.0669. The van der Waals surface area contributed by atoms with Crippen LogP contribution in [-0.2, 0) is 11.3 Å². The van der Waals surface area contributed by atoms with Gasteiger partial charge in [0.25, 0.3) is 0 Å². The number of amides is 1. The van der Waals surface area contributed by atoms with Crippen molar-refractivity contribution in [3.8, 4) is 0 Å². The Labute approximate surface area is 151 Å². The van der Waals surface area contributed by atoms with Crippen molar-refractivity contribution < 1.29 is 9.21 Å². The van der Waals surface area contributed by atoms with Crippen molar-refractivity contribution in [1.29, 1.82) is 0 Å². The number of benzene rings is 1. The molecule has 0 radical (unpaired) electrons. The minimum atomic E-state index is -0.427. The highest BCUT2D eigenvalue weighted by molar-refractivity contribution is 6.02. The number of carbonyl (C=O) groups excluding carboxylic acids is 1. The van der Waals surface area contributed by atoms with E-state index < -0.39 is 5.63 Å². The maximum atomic E-state index is 12.6. The summed E-state index contributed by atoms with van der Waals surface area (Å²) in [7, 11) is 0. The summed E-state index contributed by atoms with van der Waals surface area (Å²) in [4.78, 5) is 24.8. The molecule has 1 aliphatic carbocycles. The Hall–Kier alpha value is -2.63. The van der Waals surface area contributed by atoms with Crippen LogP contribution in [0.5, 0.6) is 0 Å². The molecule has 3 aromatic rings. The van der Waals surface area contributed by atoms with Crippen molar-refractivity contribution in [2.24, 2.45) is 5.92 Å². The number of hydrogen-bond donors (Lipinski definition) is 1. The summed E-state index contributed by atoms with van der Waals surface area (Å²) in [6.45, 7) is 4.27. The highest BCUT2D eigenvalue weighted by atomic mass is 16.4. The molecular formula is C20H23N3O3. The van der Waals surface area contributed by atoms with Gasteiger partial charge in [-0.15, -0.1) is 0 Å². The lowest BCUT2D eigenvalue weighted by molar-refractivity contribution is -0.123. The number of nitrogens with one attached hydrogen (secondary N) is 1. The molecule has 6 nitrogen and oxygen atoms in total. The summed E-state index contributed by atoms with van der Waals surface area (Å²) in [5.41, 5.74) is 1.80. The van der Waals surface area contributed by atoms with Gasteiger partial charge in [-0.05, 0) is 37.8 Å². The normalized spacial score (nSPS) is 20.5. The summed E-state index contributed by atoms with van der Waals surface area (Å²) in [5, 5.41) is 8.63. The van der Waals surface area contributed by atoms with Gasteiger partial charge in [-0.25, -0.2) is 4.79 Å². The fourth-order valence-corrected chi connectivity index (χ4v) is 3.93. The van der Waals surface area contributed by atoms with E-state index in [0.717, 1.165) is 30.2 Å². The van der Waals surface area contributed by atoms with Gasteiger partial charge >= 0.3 is 5.63 Å². The topological polar surface area (TPSA) is 77.1 Å². The second-order valence-corrected chi connectivity index (χ2v) is 7.39. The minimum Gasteiger partial charge on any atom is -0.422 e. The summed E-state index contributed by atoms with van der Waals surface area (Å²) in [5.74, 6) is 0.431. The van der Waals surface area contributed by atoms with Crippen LogP contribution in [0.15, 0.2) is 33.6 Å². The van der Waals surface area contributed by atoms with Crippen molar-refractivity contribution >= 4 is 27.8 Å². The third-order valence-corrected chi connectivity index (χ3v) is 5.40. The molecule has 1 N–H and O–H groups in total. The molecule has 1 aliphatic rings. The van der Waals surface area contributed by atoms with Crippen molar-refractivity contribution in [2.75, 3.05) is 0 Å². The molecule has 4 rings (SSSR count). The van der Waals surface area contributed by atoms with Crippen LogP contribution in [0.3, 0.4) is 0 Å². The molecular weight excluding hydrogens is 330 g/mol. The first kappa shape index (κ1) is 16.8. The predicted octanol–water partition coefficient (Wildman–Crippen LogP) is 3.15. The molecule has 1 saturated carbocycles. The van der Waals surface area contributed by atoms with Crippen molar-refractivity contribution in [2.45, 2.75) is 52.1 Å². The van der Waals surface area contributed by atoms with Crippen molar-refractivity contribution in [3.05, 3.63) is 40.4 Å². The lowest BCUT2D eigenvalue weighted by atomic mass is 9.86. The van der Waals surface area contributed by atoms with E-state index in [1.165, 1.54) is 12.6 Å². The van der Waals surface area contributed by atoms with E-state index in [-0.39, 0.29) is 18.5 Å². The van der Waals surface area contributed by atoms with E-state index >= 15 is 0 Å². The lowest BCUT2D eigenvalue weighted by Gasteiger charge is -2.29. The predicted molar refractivity (Wildman–Crippen MR) is 100 cm³/mol. The first-order valence-corrected chi connectivity index (χ1v) is 9.21. The van der Waals surface area contributed by atoms with E-state index in [2.05, 4.69) is 17.3 Å². The first-order valence-electron chi connectivity index (χ1n) is 9.21. The van der Waals surface area contributed by atoms with Crippen LogP contribution in [0, 0.1) is 12.8 Å². The molecule has 1 aromatic carbocycles. The van der Waals surface area contributed by atoms with E-state index in [4.69, 9.17) is 4.42 Å². The number of fused-ring (bicyclic) bond motifs is 3. The van der Waals surface area contributed by atoms with Gasteiger partial charge in [-0.2, -0.15) is 5.10 Å². The van der Waals surface area contributed by atoms with Crippen LogP contribution < -0.4 is 10.9 Å². The molecule has 0 aliphatic heterocycles. The van der Waals surface area contributed by atoms with Gasteiger partial charge in [0.15, 0.2) is 0 Å². The van der Waals surface area contributed by atoms with E-state index in [0.29, 0.717) is 22.4 Å². The Balaban J connectivity index is 1.68.